The predicted octanol–water partition coefficient (Wildman–Crippen LogP) is 1.97. The molecule has 5 unspecified atom stereocenters. The molecule has 182 valence electrons. The number of hydrogen-bond donors (Lipinski definition) is 1. The quantitative estimate of drug-likeness (QED) is 0.668. The Morgan fingerprint density at radius 2 is 1.62 bits per heavy atom. The van der Waals surface area contributed by atoms with Crippen LogP contribution in [0.1, 0.15) is 71.6 Å². The average molecular weight is 469 g/mol. The van der Waals surface area contributed by atoms with Gasteiger partial charge in [-0.2, -0.15) is 17.4 Å². The summed E-state index contributed by atoms with van der Waals surface area (Å²) in [7, 11) is -0.319. The smallest absolute Gasteiger partial charge is 0.279 e. The van der Waals surface area contributed by atoms with Crippen molar-refractivity contribution < 1.29 is 18.0 Å². The van der Waals surface area contributed by atoms with Gasteiger partial charge < -0.3 is 9.80 Å². The maximum Gasteiger partial charge on any atom is 0.279 e. The molecule has 0 aromatic rings. The lowest BCUT2D eigenvalue weighted by atomic mass is 9.68. The third kappa shape index (κ3) is 4.85. The Morgan fingerprint density at radius 1 is 0.938 bits per heavy atom. The Hall–Kier alpha value is -1.19. The zero-order valence-corrected chi connectivity index (χ0v) is 20.8. The van der Waals surface area contributed by atoms with E-state index in [1.807, 2.05) is 4.90 Å². The maximum atomic E-state index is 13.1. The van der Waals surface area contributed by atoms with Crippen molar-refractivity contribution in [3.8, 4) is 0 Å². The molecule has 1 N–H and O–H groups in total. The van der Waals surface area contributed by atoms with Crippen LogP contribution in [0.15, 0.2) is 0 Å². The standard InChI is InChI=1S/C23H40N4O4S/c1-15-14-26(23(29)17-8-9-17)22-13-19(10-11-21(22)27(15)16(2)28)18-6-5-7-20(12-18)24-32(30,31)25(3)4/h15,17-22,24H,5-14H2,1-4H3/t15-,18?,19?,20?,21?,22?/m0/s1. The molecule has 4 aliphatic rings. The number of hydrogen-bond acceptors (Lipinski definition) is 4. The molecule has 2 amide bonds. The summed E-state index contributed by atoms with van der Waals surface area (Å²) in [5.41, 5.74) is 0. The summed E-state index contributed by atoms with van der Waals surface area (Å²) < 4.78 is 28.8. The van der Waals surface area contributed by atoms with E-state index in [1.54, 1.807) is 21.0 Å². The fraction of sp³-hybridized carbons (Fsp3) is 0.913. The largest absolute Gasteiger partial charge is 0.335 e. The van der Waals surface area contributed by atoms with Crippen molar-refractivity contribution in [2.45, 2.75) is 95.8 Å². The van der Waals surface area contributed by atoms with Gasteiger partial charge in [0.25, 0.3) is 10.2 Å². The summed E-state index contributed by atoms with van der Waals surface area (Å²) in [6.07, 6.45) is 8.77. The Labute approximate surface area is 193 Å². The fourth-order valence-electron chi connectivity index (χ4n) is 6.53. The fourth-order valence-corrected chi connectivity index (χ4v) is 7.37. The molecule has 8 nitrogen and oxygen atoms in total. The average Bonchev–Trinajstić information content (AvgIpc) is 3.57. The molecule has 6 atom stereocenters. The lowest BCUT2D eigenvalue weighted by molar-refractivity contribution is -0.155. The molecule has 0 aromatic carbocycles. The van der Waals surface area contributed by atoms with E-state index in [-0.39, 0.29) is 41.9 Å². The number of rotatable bonds is 5. The van der Waals surface area contributed by atoms with E-state index in [1.165, 1.54) is 4.31 Å². The summed E-state index contributed by atoms with van der Waals surface area (Å²) in [6.45, 7) is 4.36. The molecule has 0 bridgehead atoms. The van der Waals surface area contributed by atoms with Crippen LogP contribution in [0.5, 0.6) is 0 Å². The van der Waals surface area contributed by atoms with Crippen molar-refractivity contribution in [1.29, 1.82) is 0 Å². The predicted molar refractivity (Wildman–Crippen MR) is 123 cm³/mol. The minimum atomic E-state index is -3.43. The van der Waals surface area contributed by atoms with Crippen LogP contribution in [0, 0.1) is 17.8 Å². The number of piperazine rings is 1. The molecule has 0 spiro atoms. The first-order chi connectivity index (χ1) is 15.1. The summed E-state index contributed by atoms with van der Waals surface area (Å²) in [5, 5.41) is 0. The van der Waals surface area contributed by atoms with Gasteiger partial charge >= 0.3 is 0 Å². The molecule has 1 saturated heterocycles. The summed E-state index contributed by atoms with van der Waals surface area (Å²) >= 11 is 0. The zero-order chi connectivity index (χ0) is 23.2. The molecule has 32 heavy (non-hydrogen) atoms. The van der Waals surface area contributed by atoms with Crippen molar-refractivity contribution in [3.05, 3.63) is 0 Å². The third-order valence-corrected chi connectivity index (χ3v) is 9.86. The minimum absolute atomic E-state index is 0.0248. The number of carbonyl (C=O) groups is 2. The molecule has 0 radical (unpaired) electrons. The lowest BCUT2D eigenvalue weighted by Gasteiger charge is -2.55. The second-order valence-electron chi connectivity index (χ2n) is 10.8. The van der Waals surface area contributed by atoms with Crippen LogP contribution < -0.4 is 4.72 Å². The molecular weight excluding hydrogens is 428 g/mol. The second-order valence-corrected chi connectivity index (χ2v) is 12.7. The molecule has 1 heterocycles. The normalized spacial score (nSPS) is 36.2. The van der Waals surface area contributed by atoms with E-state index in [9.17, 15) is 18.0 Å². The van der Waals surface area contributed by atoms with Crippen molar-refractivity contribution in [2.75, 3.05) is 20.6 Å². The van der Waals surface area contributed by atoms with Crippen LogP contribution in [0.4, 0.5) is 0 Å². The minimum Gasteiger partial charge on any atom is -0.335 e. The van der Waals surface area contributed by atoms with Crippen molar-refractivity contribution in [3.63, 3.8) is 0 Å². The third-order valence-electron chi connectivity index (χ3n) is 8.27. The van der Waals surface area contributed by atoms with Gasteiger partial charge in [-0.15, -0.1) is 0 Å². The molecule has 1 aliphatic heterocycles. The Morgan fingerprint density at radius 3 is 2.25 bits per heavy atom. The molecule has 3 saturated carbocycles. The van der Waals surface area contributed by atoms with Gasteiger partial charge in [0.15, 0.2) is 0 Å². The number of carbonyl (C=O) groups excluding carboxylic acids is 2. The van der Waals surface area contributed by atoms with Gasteiger partial charge in [0.2, 0.25) is 11.8 Å². The van der Waals surface area contributed by atoms with Gasteiger partial charge in [-0.05, 0) is 63.7 Å². The molecule has 9 heteroatoms. The van der Waals surface area contributed by atoms with Gasteiger partial charge in [-0.25, -0.2) is 0 Å². The highest BCUT2D eigenvalue weighted by Gasteiger charge is 2.49. The first-order valence-electron chi connectivity index (χ1n) is 12.4. The van der Waals surface area contributed by atoms with Crippen LogP contribution in [0.3, 0.4) is 0 Å². The molecule has 3 aliphatic carbocycles. The number of nitrogens with one attached hydrogen (secondary N) is 1. The van der Waals surface area contributed by atoms with Crippen molar-refractivity contribution >= 4 is 22.0 Å². The highest BCUT2D eigenvalue weighted by atomic mass is 32.2. The van der Waals surface area contributed by atoms with Gasteiger partial charge in [-0.1, -0.05) is 12.8 Å². The number of nitrogens with zero attached hydrogens (tertiary/aromatic N) is 3. The topological polar surface area (TPSA) is 90.0 Å². The van der Waals surface area contributed by atoms with Gasteiger partial charge in [-0.3, -0.25) is 9.59 Å². The molecule has 0 aromatic heterocycles. The van der Waals surface area contributed by atoms with Crippen LogP contribution in [0.2, 0.25) is 0 Å². The van der Waals surface area contributed by atoms with Crippen LogP contribution in [-0.2, 0) is 19.8 Å². The van der Waals surface area contributed by atoms with Crippen LogP contribution in [-0.4, -0.2) is 79.1 Å². The first-order valence-corrected chi connectivity index (χ1v) is 13.8. The number of amides is 2. The summed E-state index contributed by atoms with van der Waals surface area (Å²) in [4.78, 5) is 29.7. The SMILES string of the molecule is CC(=O)N1C2CCC(C3CCCC(NS(=O)(=O)N(C)C)C3)CC2N(C(=O)C2CC2)C[C@@H]1C. The summed E-state index contributed by atoms with van der Waals surface area (Å²) in [5.74, 6) is 1.52. The molecule has 4 rings (SSSR count). The van der Waals surface area contributed by atoms with Gasteiger partial charge in [0.05, 0.1) is 12.1 Å². The van der Waals surface area contributed by atoms with Crippen molar-refractivity contribution in [1.82, 2.24) is 18.8 Å². The van der Waals surface area contributed by atoms with E-state index in [0.717, 1.165) is 57.8 Å². The van der Waals surface area contributed by atoms with Crippen molar-refractivity contribution in [2.24, 2.45) is 17.8 Å². The highest BCUT2D eigenvalue weighted by Crippen LogP contribution is 2.44. The second kappa shape index (κ2) is 9.22. The Balaban J connectivity index is 1.48. The zero-order valence-electron chi connectivity index (χ0n) is 20.0. The lowest BCUT2D eigenvalue weighted by Crippen LogP contribution is -2.67. The van der Waals surface area contributed by atoms with Crippen LogP contribution in [0.25, 0.3) is 0 Å². The first kappa shape index (κ1) is 24.0. The van der Waals surface area contributed by atoms with Gasteiger partial charge in [0, 0.05) is 45.6 Å². The monoisotopic (exact) mass is 468 g/mol. The highest BCUT2D eigenvalue weighted by molar-refractivity contribution is 7.87. The number of fused-ring (bicyclic) bond motifs is 1. The Bertz CT molecular complexity index is 828. The van der Waals surface area contributed by atoms with E-state index < -0.39 is 10.2 Å². The van der Waals surface area contributed by atoms with E-state index in [4.69, 9.17) is 0 Å². The molecule has 4 fully saturated rings. The Kier molecular flexibility index (Phi) is 6.90. The molecular formula is C23H40N4O4S. The summed E-state index contributed by atoms with van der Waals surface area (Å²) in [6, 6.07) is 0.248. The van der Waals surface area contributed by atoms with E-state index >= 15 is 0 Å². The van der Waals surface area contributed by atoms with Crippen LogP contribution >= 0.6 is 0 Å². The van der Waals surface area contributed by atoms with Gasteiger partial charge in [0.1, 0.15) is 0 Å². The maximum absolute atomic E-state index is 13.1. The van der Waals surface area contributed by atoms with E-state index in [2.05, 4.69) is 16.5 Å². The van der Waals surface area contributed by atoms with E-state index in [0.29, 0.717) is 18.4 Å².